The highest BCUT2D eigenvalue weighted by atomic mass is 32.2. The van der Waals surface area contributed by atoms with Crippen molar-refractivity contribution in [2.45, 2.75) is 23.8 Å². The fourth-order valence-electron chi connectivity index (χ4n) is 2.97. The van der Waals surface area contributed by atoms with Crippen LogP contribution < -0.4 is 10.2 Å². The number of nitrogens with zero attached hydrogens (tertiary/aromatic N) is 1. The Kier molecular flexibility index (Phi) is 5.29. The predicted molar refractivity (Wildman–Crippen MR) is 114 cm³/mol. The molecule has 3 aromatic rings. The largest absolute Gasteiger partial charge is 0.450 e. The summed E-state index contributed by atoms with van der Waals surface area (Å²) in [7, 11) is 0. The maximum atomic E-state index is 13.0. The SMILES string of the molecule is Cc1ccc(N2C(=O)NC(=O)/C(=C\c3ccc(Sc4ccccc4)o3)C2=O)cc1C. The Balaban J connectivity index is 1.62. The minimum atomic E-state index is -0.773. The Labute approximate surface area is 177 Å². The van der Waals surface area contributed by atoms with E-state index in [-0.39, 0.29) is 5.57 Å². The van der Waals surface area contributed by atoms with Crippen molar-refractivity contribution < 1.29 is 18.8 Å². The van der Waals surface area contributed by atoms with Crippen LogP contribution in [0.15, 0.2) is 80.6 Å². The van der Waals surface area contributed by atoms with Gasteiger partial charge < -0.3 is 4.42 Å². The van der Waals surface area contributed by atoms with E-state index in [1.807, 2.05) is 50.2 Å². The van der Waals surface area contributed by atoms with Crippen LogP contribution in [0.5, 0.6) is 0 Å². The van der Waals surface area contributed by atoms with Gasteiger partial charge in [0.1, 0.15) is 11.3 Å². The van der Waals surface area contributed by atoms with Crippen molar-refractivity contribution in [1.82, 2.24) is 5.32 Å². The molecule has 0 unspecified atom stereocenters. The highest BCUT2D eigenvalue weighted by Gasteiger charge is 2.37. The summed E-state index contributed by atoms with van der Waals surface area (Å²) in [4.78, 5) is 39.6. The highest BCUT2D eigenvalue weighted by molar-refractivity contribution is 7.99. The van der Waals surface area contributed by atoms with Crippen LogP contribution in [0.2, 0.25) is 0 Å². The van der Waals surface area contributed by atoms with Gasteiger partial charge in [0.05, 0.1) is 5.69 Å². The molecule has 1 N–H and O–H groups in total. The van der Waals surface area contributed by atoms with Crippen molar-refractivity contribution in [3.05, 3.63) is 83.1 Å². The number of urea groups is 1. The number of furan rings is 1. The molecule has 0 spiro atoms. The lowest BCUT2D eigenvalue weighted by atomic mass is 10.1. The third-order valence-electron chi connectivity index (χ3n) is 4.70. The van der Waals surface area contributed by atoms with Crippen LogP contribution >= 0.6 is 11.8 Å². The van der Waals surface area contributed by atoms with Crippen molar-refractivity contribution in [1.29, 1.82) is 0 Å². The van der Waals surface area contributed by atoms with E-state index in [1.54, 1.807) is 24.3 Å². The zero-order valence-corrected chi connectivity index (χ0v) is 17.2. The molecule has 7 heteroatoms. The summed E-state index contributed by atoms with van der Waals surface area (Å²) in [5, 5.41) is 2.85. The van der Waals surface area contributed by atoms with Gasteiger partial charge in [-0.05, 0) is 67.4 Å². The summed E-state index contributed by atoms with van der Waals surface area (Å²) in [6, 6.07) is 17.6. The first kappa shape index (κ1) is 19.7. The normalized spacial score (nSPS) is 15.6. The molecule has 0 bridgehead atoms. The van der Waals surface area contributed by atoms with Gasteiger partial charge in [0.2, 0.25) is 0 Å². The first-order chi connectivity index (χ1) is 14.4. The van der Waals surface area contributed by atoms with Gasteiger partial charge in [-0.15, -0.1) is 0 Å². The molecule has 2 aromatic carbocycles. The Bertz CT molecular complexity index is 1180. The van der Waals surface area contributed by atoms with Gasteiger partial charge in [-0.3, -0.25) is 14.9 Å². The van der Waals surface area contributed by atoms with E-state index in [2.05, 4.69) is 5.32 Å². The maximum absolute atomic E-state index is 13.0. The Morgan fingerprint density at radius 2 is 1.70 bits per heavy atom. The Morgan fingerprint density at radius 3 is 2.43 bits per heavy atom. The number of carbonyl (C=O) groups excluding carboxylic acids is 3. The molecule has 1 aliphatic heterocycles. The quantitative estimate of drug-likeness (QED) is 0.490. The second-order valence-corrected chi connectivity index (χ2v) is 7.88. The zero-order valence-electron chi connectivity index (χ0n) is 16.3. The zero-order chi connectivity index (χ0) is 21.3. The molecule has 4 amide bonds. The van der Waals surface area contributed by atoms with E-state index < -0.39 is 17.8 Å². The highest BCUT2D eigenvalue weighted by Crippen LogP contribution is 2.30. The molecule has 4 rings (SSSR count). The lowest BCUT2D eigenvalue weighted by molar-refractivity contribution is -0.122. The van der Waals surface area contributed by atoms with E-state index in [0.717, 1.165) is 20.9 Å². The molecule has 0 aliphatic carbocycles. The average molecular weight is 418 g/mol. The van der Waals surface area contributed by atoms with E-state index in [1.165, 1.54) is 17.8 Å². The third-order valence-corrected chi connectivity index (χ3v) is 5.63. The number of nitrogens with one attached hydrogen (secondary N) is 1. The van der Waals surface area contributed by atoms with Gasteiger partial charge in [0.15, 0.2) is 5.09 Å². The van der Waals surface area contributed by atoms with Gasteiger partial charge in [-0.25, -0.2) is 9.69 Å². The number of rotatable bonds is 4. The first-order valence-corrected chi connectivity index (χ1v) is 10.1. The summed E-state index contributed by atoms with van der Waals surface area (Å²) in [5.41, 5.74) is 2.20. The van der Waals surface area contributed by atoms with Crippen molar-refractivity contribution in [3.8, 4) is 0 Å². The summed E-state index contributed by atoms with van der Waals surface area (Å²) in [6.07, 6.45) is 1.35. The molecule has 6 nitrogen and oxygen atoms in total. The van der Waals surface area contributed by atoms with Crippen LogP contribution in [0.4, 0.5) is 10.5 Å². The number of benzene rings is 2. The number of imide groups is 2. The third kappa shape index (κ3) is 3.92. The average Bonchev–Trinajstić information content (AvgIpc) is 3.15. The fraction of sp³-hybridized carbons (Fsp3) is 0.0870. The molecule has 0 saturated carbocycles. The number of amides is 4. The predicted octanol–water partition coefficient (Wildman–Crippen LogP) is 4.71. The molecule has 2 heterocycles. The number of aryl methyl sites for hydroxylation is 2. The van der Waals surface area contributed by atoms with E-state index >= 15 is 0 Å². The lowest BCUT2D eigenvalue weighted by Crippen LogP contribution is -2.54. The summed E-state index contributed by atoms with van der Waals surface area (Å²) in [6.45, 7) is 3.83. The van der Waals surface area contributed by atoms with Gasteiger partial charge >= 0.3 is 6.03 Å². The van der Waals surface area contributed by atoms with E-state index in [9.17, 15) is 14.4 Å². The molecule has 30 heavy (non-hydrogen) atoms. The van der Waals surface area contributed by atoms with Crippen molar-refractivity contribution >= 4 is 41.4 Å². The molecule has 1 aromatic heterocycles. The number of hydrogen-bond donors (Lipinski definition) is 1. The second kappa shape index (κ2) is 8.04. The van der Waals surface area contributed by atoms with Crippen molar-refractivity contribution in [2.24, 2.45) is 0 Å². The fourth-order valence-corrected chi connectivity index (χ4v) is 3.77. The minimum Gasteiger partial charge on any atom is -0.450 e. The smallest absolute Gasteiger partial charge is 0.335 e. The van der Waals surface area contributed by atoms with Gasteiger partial charge in [-0.2, -0.15) is 0 Å². The van der Waals surface area contributed by atoms with Gasteiger partial charge in [0.25, 0.3) is 11.8 Å². The topological polar surface area (TPSA) is 79.6 Å². The van der Waals surface area contributed by atoms with Crippen LogP contribution in [0.3, 0.4) is 0 Å². The standard InChI is InChI=1S/C23H18N2O4S/c1-14-8-9-16(12-15(14)2)25-22(27)19(21(26)24-23(25)28)13-17-10-11-20(29-17)30-18-6-4-3-5-7-18/h3-13H,1-2H3,(H,24,26,28)/b19-13+. The Hall–Kier alpha value is -3.58. The Morgan fingerprint density at radius 1 is 0.933 bits per heavy atom. The molecule has 0 atom stereocenters. The molecule has 0 radical (unpaired) electrons. The maximum Gasteiger partial charge on any atom is 0.335 e. The molecule has 150 valence electrons. The summed E-state index contributed by atoms with van der Waals surface area (Å²) < 4.78 is 5.74. The van der Waals surface area contributed by atoms with Crippen molar-refractivity contribution in [3.63, 3.8) is 0 Å². The number of anilines is 1. The summed E-state index contributed by atoms with van der Waals surface area (Å²) in [5.74, 6) is -1.10. The summed E-state index contributed by atoms with van der Waals surface area (Å²) >= 11 is 1.43. The van der Waals surface area contributed by atoms with Crippen LogP contribution in [0.25, 0.3) is 6.08 Å². The van der Waals surface area contributed by atoms with Crippen LogP contribution in [-0.4, -0.2) is 17.8 Å². The van der Waals surface area contributed by atoms with E-state index in [0.29, 0.717) is 16.5 Å². The molecule has 1 saturated heterocycles. The molecular formula is C23H18N2O4S. The number of carbonyl (C=O) groups is 3. The lowest BCUT2D eigenvalue weighted by Gasteiger charge is -2.26. The molecule has 1 fully saturated rings. The van der Waals surface area contributed by atoms with Crippen molar-refractivity contribution in [2.75, 3.05) is 4.90 Å². The number of hydrogen-bond acceptors (Lipinski definition) is 5. The van der Waals surface area contributed by atoms with Crippen LogP contribution in [0.1, 0.15) is 16.9 Å². The number of barbiturate groups is 1. The minimum absolute atomic E-state index is 0.168. The van der Waals surface area contributed by atoms with E-state index in [4.69, 9.17) is 4.42 Å². The molecular weight excluding hydrogens is 400 g/mol. The first-order valence-electron chi connectivity index (χ1n) is 9.24. The van der Waals surface area contributed by atoms with Crippen LogP contribution in [-0.2, 0) is 9.59 Å². The molecule has 1 aliphatic rings. The second-order valence-electron chi connectivity index (χ2n) is 6.80. The van der Waals surface area contributed by atoms with Crippen LogP contribution in [0, 0.1) is 13.8 Å². The monoisotopic (exact) mass is 418 g/mol. The van der Waals surface area contributed by atoms with Gasteiger partial charge in [0, 0.05) is 4.90 Å². The van der Waals surface area contributed by atoms with Gasteiger partial charge in [-0.1, -0.05) is 36.0 Å².